The Hall–Kier alpha value is -1.64. The normalized spacial score (nSPS) is 26.2. The van der Waals surface area contributed by atoms with Crippen molar-refractivity contribution in [3.63, 3.8) is 0 Å². The van der Waals surface area contributed by atoms with Crippen molar-refractivity contribution < 1.29 is 9.59 Å². The van der Waals surface area contributed by atoms with Crippen molar-refractivity contribution in [3.05, 3.63) is 35.4 Å². The van der Waals surface area contributed by atoms with Crippen molar-refractivity contribution in [2.24, 2.45) is 16.7 Å². The van der Waals surface area contributed by atoms with E-state index in [1.165, 1.54) is 6.42 Å². The van der Waals surface area contributed by atoms with Gasteiger partial charge in [0.25, 0.3) is 5.91 Å². The van der Waals surface area contributed by atoms with Crippen LogP contribution in [0.2, 0.25) is 0 Å². The molecule has 3 nitrogen and oxygen atoms in total. The number of aryl methyl sites for hydroxylation is 1. The van der Waals surface area contributed by atoms with Crippen molar-refractivity contribution in [2.75, 3.05) is 13.1 Å². The van der Waals surface area contributed by atoms with Gasteiger partial charge in [0.05, 0.1) is 0 Å². The number of hydrogen-bond acceptors (Lipinski definition) is 2. The molecule has 1 aromatic rings. The van der Waals surface area contributed by atoms with Gasteiger partial charge in [-0.3, -0.25) is 9.59 Å². The van der Waals surface area contributed by atoms with Crippen molar-refractivity contribution in [1.29, 1.82) is 0 Å². The highest BCUT2D eigenvalue weighted by Gasteiger charge is 2.61. The zero-order chi connectivity index (χ0) is 18.8. The van der Waals surface area contributed by atoms with Crippen molar-refractivity contribution in [1.82, 2.24) is 4.90 Å². The maximum Gasteiger partial charge on any atom is 0.254 e. The van der Waals surface area contributed by atoms with Gasteiger partial charge in [-0.05, 0) is 56.6 Å². The van der Waals surface area contributed by atoms with E-state index in [9.17, 15) is 9.59 Å². The Morgan fingerprint density at radius 2 is 1.76 bits per heavy atom. The molecule has 0 spiro atoms. The third-order valence-corrected chi connectivity index (χ3v) is 6.91. The lowest BCUT2D eigenvalue weighted by molar-refractivity contribution is -0.128. The van der Waals surface area contributed by atoms with Crippen LogP contribution in [-0.2, 0) is 4.79 Å². The first-order valence-corrected chi connectivity index (χ1v) is 9.57. The number of amides is 1. The van der Waals surface area contributed by atoms with Gasteiger partial charge in [0.2, 0.25) is 0 Å². The quantitative estimate of drug-likeness (QED) is 0.784. The molecule has 0 aromatic heterocycles. The molecule has 2 fully saturated rings. The molecule has 2 bridgehead atoms. The fourth-order valence-corrected chi connectivity index (χ4v) is 4.40. The average Bonchev–Trinajstić information content (AvgIpc) is 2.90. The smallest absolute Gasteiger partial charge is 0.254 e. The van der Waals surface area contributed by atoms with Crippen molar-refractivity contribution >= 4 is 11.7 Å². The SMILES string of the molecule is CC12CCC(CC1=O)C2(C)C.CCN(CC)C(=O)c1ccccc1C. The van der Waals surface area contributed by atoms with Crippen LogP contribution in [0.1, 0.15) is 69.8 Å². The summed E-state index contributed by atoms with van der Waals surface area (Å²) in [5.74, 6) is 1.33. The van der Waals surface area contributed by atoms with Gasteiger partial charge >= 0.3 is 0 Å². The Morgan fingerprint density at radius 3 is 2.12 bits per heavy atom. The monoisotopic (exact) mass is 343 g/mol. The third-order valence-electron chi connectivity index (χ3n) is 6.91. The number of carbonyl (C=O) groups excluding carboxylic acids is 2. The van der Waals surface area contributed by atoms with E-state index in [4.69, 9.17) is 0 Å². The second-order valence-electron chi connectivity index (χ2n) is 8.21. The molecular weight excluding hydrogens is 310 g/mol. The molecule has 0 heterocycles. The molecule has 0 saturated heterocycles. The number of fused-ring (bicyclic) bond motifs is 2. The first-order chi connectivity index (χ1) is 11.7. The van der Waals surface area contributed by atoms with Crippen LogP contribution in [0.25, 0.3) is 0 Å². The van der Waals surface area contributed by atoms with E-state index < -0.39 is 0 Å². The minimum atomic E-state index is 0.0255. The predicted molar refractivity (Wildman–Crippen MR) is 103 cm³/mol. The molecule has 2 aliphatic carbocycles. The summed E-state index contributed by atoms with van der Waals surface area (Å²) in [6.45, 7) is 14.2. The molecule has 138 valence electrons. The molecule has 0 aliphatic heterocycles. The van der Waals surface area contributed by atoms with E-state index in [1.54, 1.807) is 0 Å². The summed E-state index contributed by atoms with van der Waals surface area (Å²) in [4.78, 5) is 25.4. The minimum absolute atomic E-state index is 0.0255. The number of nitrogens with zero attached hydrogens (tertiary/aromatic N) is 1. The van der Waals surface area contributed by atoms with E-state index in [0.717, 1.165) is 37.1 Å². The fraction of sp³-hybridized carbons (Fsp3) is 0.636. The van der Waals surface area contributed by atoms with Gasteiger partial charge in [-0.2, -0.15) is 0 Å². The maximum absolute atomic E-state index is 12.0. The standard InChI is InChI=1S/C12H17NO.C10H16O/c1-4-13(5-2)12(14)11-9-7-6-8-10(11)3;1-9(2)7-4-5-10(9,3)8(11)6-7/h6-9H,4-5H2,1-3H3;7H,4-6H2,1-3H3. The molecular formula is C22H33NO2. The Labute approximate surface area is 152 Å². The lowest BCUT2D eigenvalue weighted by Gasteiger charge is -2.32. The summed E-state index contributed by atoms with van der Waals surface area (Å²) in [5, 5.41) is 0. The molecule has 3 heteroatoms. The highest BCUT2D eigenvalue weighted by Crippen LogP contribution is 2.63. The van der Waals surface area contributed by atoms with E-state index in [2.05, 4.69) is 20.8 Å². The molecule has 2 atom stereocenters. The molecule has 2 saturated carbocycles. The molecule has 2 unspecified atom stereocenters. The lowest BCUT2D eigenvalue weighted by Crippen LogP contribution is -2.32. The zero-order valence-corrected chi connectivity index (χ0v) is 16.7. The van der Waals surface area contributed by atoms with Crippen LogP contribution in [0.5, 0.6) is 0 Å². The topological polar surface area (TPSA) is 37.4 Å². The van der Waals surface area contributed by atoms with Gasteiger partial charge < -0.3 is 4.90 Å². The second-order valence-corrected chi connectivity index (χ2v) is 8.21. The molecule has 3 rings (SSSR count). The summed E-state index contributed by atoms with van der Waals surface area (Å²) in [5.41, 5.74) is 2.17. The minimum Gasteiger partial charge on any atom is -0.339 e. The fourth-order valence-electron chi connectivity index (χ4n) is 4.40. The Kier molecular flexibility index (Phi) is 5.75. The van der Waals surface area contributed by atoms with Crippen LogP contribution >= 0.6 is 0 Å². The van der Waals surface area contributed by atoms with Gasteiger partial charge in [-0.1, -0.05) is 39.0 Å². The highest BCUT2D eigenvalue weighted by atomic mass is 16.2. The Bertz CT molecular complexity index is 645. The number of rotatable bonds is 3. The van der Waals surface area contributed by atoms with Crippen LogP contribution in [-0.4, -0.2) is 29.7 Å². The number of Topliss-reactive ketones (excluding diaryl/α,β-unsaturated/α-hetero) is 1. The van der Waals surface area contributed by atoms with Gasteiger partial charge in [0.1, 0.15) is 5.78 Å². The van der Waals surface area contributed by atoms with E-state index >= 15 is 0 Å². The van der Waals surface area contributed by atoms with E-state index in [0.29, 0.717) is 11.7 Å². The molecule has 1 amide bonds. The maximum atomic E-state index is 12.0. The number of hydrogen-bond donors (Lipinski definition) is 0. The summed E-state index contributed by atoms with van der Waals surface area (Å²) in [6.07, 6.45) is 3.25. The average molecular weight is 344 g/mol. The Balaban J connectivity index is 0.000000185. The third kappa shape index (κ3) is 3.38. The predicted octanol–water partition coefficient (Wildman–Crippen LogP) is 4.88. The van der Waals surface area contributed by atoms with Gasteiger partial charge in [-0.25, -0.2) is 0 Å². The second kappa shape index (κ2) is 7.31. The van der Waals surface area contributed by atoms with Crippen LogP contribution in [0, 0.1) is 23.7 Å². The molecule has 2 aliphatic rings. The zero-order valence-electron chi connectivity index (χ0n) is 16.7. The van der Waals surface area contributed by atoms with Crippen LogP contribution in [0.3, 0.4) is 0 Å². The Morgan fingerprint density at radius 1 is 1.16 bits per heavy atom. The summed E-state index contributed by atoms with van der Waals surface area (Å²) in [6, 6.07) is 7.71. The number of benzene rings is 1. The molecule has 0 N–H and O–H groups in total. The summed E-state index contributed by atoms with van der Waals surface area (Å²) >= 11 is 0. The highest BCUT2D eigenvalue weighted by molar-refractivity contribution is 5.95. The lowest BCUT2D eigenvalue weighted by atomic mass is 9.70. The van der Waals surface area contributed by atoms with Gasteiger partial charge in [0.15, 0.2) is 0 Å². The van der Waals surface area contributed by atoms with Crippen LogP contribution in [0.15, 0.2) is 24.3 Å². The largest absolute Gasteiger partial charge is 0.339 e. The first kappa shape index (κ1) is 19.7. The van der Waals surface area contributed by atoms with Crippen LogP contribution in [0.4, 0.5) is 0 Å². The van der Waals surface area contributed by atoms with Crippen molar-refractivity contribution in [2.45, 2.75) is 60.8 Å². The van der Waals surface area contributed by atoms with Gasteiger partial charge in [0, 0.05) is 30.5 Å². The summed E-state index contributed by atoms with van der Waals surface area (Å²) < 4.78 is 0. The number of carbonyl (C=O) groups is 2. The summed E-state index contributed by atoms with van der Waals surface area (Å²) in [7, 11) is 0. The molecule has 25 heavy (non-hydrogen) atoms. The first-order valence-electron chi connectivity index (χ1n) is 9.57. The molecule has 0 radical (unpaired) electrons. The van der Waals surface area contributed by atoms with E-state index in [1.807, 2.05) is 49.9 Å². The molecule has 1 aromatic carbocycles. The van der Waals surface area contributed by atoms with Gasteiger partial charge in [-0.15, -0.1) is 0 Å². The van der Waals surface area contributed by atoms with Crippen LogP contribution < -0.4 is 0 Å². The van der Waals surface area contributed by atoms with Crippen molar-refractivity contribution in [3.8, 4) is 0 Å². The van der Waals surface area contributed by atoms with E-state index in [-0.39, 0.29) is 16.7 Å². The number of ketones is 1.